The number of para-hydroxylation sites is 1. The first-order valence-corrected chi connectivity index (χ1v) is 5.31. The van der Waals surface area contributed by atoms with Crippen LogP contribution in [0.1, 0.15) is 10.4 Å². The number of nitrogen functional groups attached to an aromatic ring is 1. The van der Waals surface area contributed by atoms with Gasteiger partial charge < -0.3 is 0 Å². The van der Waals surface area contributed by atoms with Crippen LogP contribution in [0, 0.1) is 0 Å². The van der Waals surface area contributed by atoms with Crippen LogP contribution < -0.4 is 5.73 Å². The van der Waals surface area contributed by atoms with Crippen LogP contribution >= 0.6 is 0 Å². The third-order valence-electron chi connectivity index (χ3n) is 1.31. The number of nitrogens with two attached hydrogens (primary N) is 1. The Morgan fingerprint density at radius 3 is 2.64 bits per heavy atom. The molecule has 1 aromatic carbocycles. The number of anilines is 1. The van der Waals surface area contributed by atoms with Crippen molar-refractivity contribution in [1.29, 1.82) is 0 Å². The fourth-order valence-corrected chi connectivity index (χ4v) is 1.37. The SMILES string of the molecule is Nc1ccccc1C(=O)[O][Hg]. The third-order valence-corrected chi connectivity index (χ3v) is 2.33. The van der Waals surface area contributed by atoms with Crippen LogP contribution in [0.25, 0.3) is 0 Å². The van der Waals surface area contributed by atoms with Crippen molar-refractivity contribution in [3.05, 3.63) is 29.8 Å². The average Bonchev–Trinajstić information content (AvgIpc) is 2.04. The van der Waals surface area contributed by atoms with Crippen LogP contribution in [0.4, 0.5) is 5.69 Å². The van der Waals surface area contributed by atoms with Gasteiger partial charge >= 0.3 is 81.2 Å². The van der Waals surface area contributed by atoms with Crippen LogP contribution in [-0.4, -0.2) is 5.97 Å². The molecule has 11 heavy (non-hydrogen) atoms. The fraction of sp³-hybridized carbons (Fsp3) is 0. The van der Waals surface area contributed by atoms with E-state index < -0.39 is 0 Å². The third kappa shape index (κ3) is 1.93. The van der Waals surface area contributed by atoms with E-state index in [9.17, 15) is 4.79 Å². The maximum atomic E-state index is 11.0. The van der Waals surface area contributed by atoms with Crippen molar-refractivity contribution in [2.75, 3.05) is 5.73 Å². The molecular formula is C7H6HgNO2. The van der Waals surface area contributed by atoms with Crippen LogP contribution in [0.3, 0.4) is 0 Å². The molecule has 0 aliphatic carbocycles. The molecule has 3 nitrogen and oxygen atoms in total. The van der Waals surface area contributed by atoms with Crippen molar-refractivity contribution in [3.8, 4) is 0 Å². The number of hydrogen-bond donors (Lipinski definition) is 1. The van der Waals surface area contributed by atoms with E-state index in [2.05, 4.69) is 0 Å². The number of hydrogen-bond acceptors (Lipinski definition) is 3. The second-order valence-corrected chi connectivity index (χ2v) is 3.14. The fourth-order valence-electron chi connectivity index (χ4n) is 0.761. The van der Waals surface area contributed by atoms with E-state index in [0.29, 0.717) is 11.3 Å². The first-order valence-electron chi connectivity index (χ1n) is 3.06. The summed E-state index contributed by atoms with van der Waals surface area (Å²) in [5.74, 6) is -0.313. The Morgan fingerprint density at radius 1 is 1.45 bits per heavy atom. The van der Waals surface area contributed by atoms with E-state index in [1.807, 2.05) is 0 Å². The van der Waals surface area contributed by atoms with Gasteiger partial charge in [-0.15, -0.1) is 0 Å². The molecule has 1 rings (SSSR count). The molecule has 0 fully saturated rings. The molecule has 0 saturated heterocycles. The van der Waals surface area contributed by atoms with Gasteiger partial charge in [0.1, 0.15) is 0 Å². The van der Waals surface area contributed by atoms with Crippen molar-refractivity contribution < 1.29 is 34.0 Å². The molecule has 2 N–H and O–H groups in total. The molecule has 0 unspecified atom stereocenters. The van der Waals surface area contributed by atoms with Crippen LogP contribution in [0.15, 0.2) is 24.3 Å². The van der Waals surface area contributed by atoms with E-state index in [1.165, 1.54) is 0 Å². The summed E-state index contributed by atoms with van der Waals surface area (Å²) in [5, 5.41) is 0. The number of benzene rings is 1. The Labute approximate surface area is 81.2 Å². The van der Waals surface area contributed by atoms with Gasteiger partial charge in [-0.2, -0.15) is 0 Å². The second kappa shape index (κ2) is 3.71. The van der Waals surface area contributed by atoms with Gasteiger partial charge in [0.25, 0.3) is 0 Å². The minimum absolute atomic E-state index is 0.0294. The molecule has 0 spiro atoms. The zero-order chi connectivity index (χ0) is 8.27. The summed E-state index contributed by atoms with van der Waals surface area (Å²) in [6, 6.07) is 6.88. The quantitative estimate of drug-likeness (QED) is 0.612. The van der Waals surface area contributed by atoms with Gasteiger partial charge in [0.2, 0.25) is 0 Å². The van der Waals surface area contributed by atoms with Gasteiger partial charge in [0.15, 0.2) is 0 Å². The normalized spacial score (nSPS) is 9.27. The van der Waals surface area contributed by atoms with E-state index in [1.54, 1.807) is 24.3 Å². The van der Waals surface area contributed by atoms with Gasteiger partial charge in [0, 0.05) is 0 Å². The van der Waals surface area contributed by atoms with Crippen molar-refractivity contribution in [2.24, 2.45) is 0 Å². The Kier molecular flexibility index (Phi) is 2.88. The first kappa shape index (κ1) is 8.52. The summed E-state index contributed by atoms with van der Waals surface area (Å²) in [7, 11) is 0. The molecule has 0 aromatic heterocycles. The van der Waals surface area contributed by atoms with Gasteiger partial charge in [-0.3, -0.25) is 0 Å². The van der Waals surface area contributed by atoms with E-state index >= 15 is 0 Å². The summed E-state index contributed by atoms with van der Waals surface area (Å²) in [5.41, 5.74) is 6.45. The first-order chi connectivity index (χ1) is 5.25. The molecule has 0 bridgehead atoms. The second-order valence-electron chi connectivity index (χ2n) is 2.02. The van der Waals surface area contributed by atoms with Crippen molar-refractivity contribution in [1.82, 2.24) is 0 Å². The van der Waals surface area contributed by atoms with Crippen molar-refractivity contribution in [2.45, 2.75) is 0 Å². The molecule has 0 atom stereocenters. The van der Waals surface area contributed by atoms with Gasteiger partial charge in [0.05, 0.1) is 0 Å². The Hall–Kier alpha value is -0.575. The summed E-state index contributed by atoms with van der Waals surface area (Å²) in [4.78, 5) is 11.0. The molecule has 0 aliphatic rings. The number of rotatable bonds is 1. The average molecular weight is 337 g/mol. The topological polar surface area (TPSA) is 52.3 Å². The van der Waals surface area contributed by atoms with Crippen LogP contribution in [-0.2, 0) is 29.2 Å². The predicted molar refractivity (Wildman–Crippen MR) is 36.3 cm³/mol. The zero-order valence-corrected chi connectivity index (χ0v) is 11.4. The number of carbonyl (C=O) groups excluding carboxylic acids is 1. The summed E-state index contributed by atoms with van der Waals surface area (Å²) in [6.07, 6.45) is 0. The van der Waals surface area contributed by atoms with Crippen LogP contribution in [0.5, 0.6) is 0 Å². The molecular weight excluding hydrogens is 331 g/mol. The standard InChI is InChI=1S/C7H7NO2.Hg/c8-6-4-2-1-3-5(6)7(9)10;/h1-4H,8H2,(H,9,10);/q;+1/p-1. The monoisotopic (exact) mass is 338 g/mol. The molecule has 1 aromatic rings. The summed E-state index contributed by atoms with van der Waals surface area (Å²) >= 11 is 0.0294. The van der Waals surface area contributed by atoms with Crippen molar-refractivity contribution in [3.63, 3.8) is 0 Å². The van der Waals surface area contributed by atoms with Gasteiger partial charge in [-0.25, -0.2) is 0 Å². The van der Waals surface area contributed by atoms with E-state index in [0.717, 1.165) is 0 Å². The molecule has 0 saturated carbocycles. The Balaban J connectivity index is 3.03. The number of carbonyl (C=O) groups is 1. The molecule has 0 aliphatic heterocycles. The summed E-state index contributed by atoms with van der Waals surface area (Å²) in [6.45, 7) is 0. The molecule has 53 valence electrons. The zero-order valence-electron chi connectivity index (χ0n) is 5.91. The maximum absolute atomic E-state index is 11.0. The van der Waals surface area contributed by atoms with E-state index in [4.69, 9.17) is 8.38 Å². The summed E-state index contributed by atoms with van der Waals surface area (Å²) < 4.78 is 4.69. The Bertz CT molecular complexity index is 275. The molecule has 4 heteroatoms. The molecule has 0 amide bonds. The van der Waals surface area contributed by atoms with Crippen LogP contribution in [0.2, 0.25) is 0 Å². The van der Waals surface area contributed by atoms with Gasteiger partial charge in [-0.05, 0) is 0 Å². The molecule has 0 heterocycles. The molecule has 0 radical (unpaired) electrons. The Morgan fingerprint density at radius 2 is 2.09 bits per heavy atom. The van der Waals surface area contributed by atoms with Crippen molar-refractivity contribution >= 4 is 11.7 Å². The predicted octanol–water partition coefficient (Wildman–Crippen LogP) is 0.887. The minimum atomic E-state index is -0.313. The van der Waals surface area contributed by atoms with Gasteiger partial charge in [-0.1, -0.05) is 0 Å². The van der Waals surface area contributed by atoms with E-state index in [-0.39, 0.29) is 32.5 Å².